The molecule has 0 aliphatic carbocycles. The molecule has 0 bridgehead atoms. The molecule has 94 valence electrons. The van der Waals surface area contributed by atoms with E-state index in [0.29, 0.717) is 22.1 Å². The van der Waals surface area contributed by atoms with Gasteiger partial charge in [-0.2, -0.15) is 0 Å². The van der Waals surface area contributed by atoms with Crippen LogP contribution in [0.4, 0.5) is 0 Å². The molecule has 0 radical (unpaired) electrons. The van der Waals surface area contributed by atoms with Crippen LogP contribution in [0.15, 0.2) is 30.3 Å². The Morgan fingerprint density at radius 3 is 2.24 bits per heavy atom. The molecule has 1 aromatic carbocycles. The summed E-state index contributed by atoms with van der Waals surface area (Å²) in [6.45, 7) is 9.41. The maximum atomic E-state index is 2.55. The summed E-state index contributed by atoms with van der Waals surface area (Å²) in [5.41, 5.74) is 1.43. The topological polar surface area (TPSA) is 3.24 Å². The van der Waals surface area contributed by atoms with Crippen LogP contribution >= 0.6 is 11.8 Å². The van der Waals surface area contributed by atoms with Crippen LogP contribution in [0.2, 0.25) is 0 Å². The minimum Gasteiger partial charge on any atom is -0.286 e. The van der Waals surface area contributed by atoms with Gasteiger partial charge in [-0.05, 0) is 32.4 Å². The third kappa shape index (κ3) is 2.38. The average molecular weight is 249 g/mol. The van der Waals surface area contributed by atoms with Crippen molar-refractivity contribution in [1.82, 2.24) is 4.90 Å². The van der Waals surface area contributed by atoms with E-state index in [9.17, 15) is 0 Å². The number of benzene rings is 1. The lowest BCUT2D eigenvalue weighted by Gasteiger charge is -2.33. The summed E-state index contributed by atoms with van der Waals surface area (Å²) >= 11 is 2.09. The molecule has 1 heterocycles. The van der Waals surface area contributed by atoms with Crippen molar-refractivity contribution < 1.29 is 0 Å². The van der Waals surface area contributed by atoms with Crippen LogP contribution in [-0.4, -0.2) is 22.7 Å². The molecule has 0 amide bonds. The van der Waals surface area contributed by atoms with Gasteiger partial charge in [-0.15, -0.1) is 11.8 Å². The molecule has 2 heteroatoms. The Labute approximate surface area is 110 Å². The molecule has 0 aromatic heterocycles. The van der Waals surface area contributed by atoms with Gasteiger partial charge in [0.1, 0.15) is 0 Å². The zero-order chi connectivity index (χ0) is 12.6. The third-order valence-electron chi connectivity index (χ3n) is 3.65. The number of nitrogens with zero attached hydrogens (tertiary/aromatic N) is 1. The maximum Gasteiger partial charge on any atom is 0.0820 e. The maximum absolute atomic E-state index is 2.55. The van der Waals surface area contributed by atoms with E-state index >= 15 is 0 Å². The first kappa shape index (κ1) is 13.0. The molecule has 1 nitrogen and oxygen atoms in total. The van der Waals surface area contributed by atoms with Crippen molar-refractivity contribution in [3.63, 3.8) is 0 Å². The highest BCUT2D eigenvalue weighted by atomic mass is 32.2. The number of thioether (sulfide) groups is 1. The van der Waals surface area contributed by atoms with E-state index in [1.165, 1.54) is 5.56 Å². The van der Waals surface area contributed by atoms with Gasteiger partial charge >= 0.3 is 0 Å². The van der Waals surface area contributed by atoms with Crippen LogP contribution in [0.5, 0.6) is 0 Å². The van der Waals surface area contributed by atoms with E-state index in [2.05, 4.69) is 81.7 Å². The number of rotatable bonds is 2. The smallest absolute Gasteiger partial charge is 0.0820 e. The molecule has 0 saturated carbocycles. The number of hydrogen-bond donors (Lipinski definition) is 0. The van der Waals surface area contributed by atoms with Gasteiger partial charge in [0.15, 0.2) is 0 Å². The highest BCUT2D eigenvalue weighted by Gasteiger charge is 2.46. The summed E-state index contributed by atoms with van der Waals surface area (Å²) in [6, 6.07) is 11.5. The van der Waals surface area contributed by atoms with Crippen molar-refractivity contribution >= 4 is 11.8 Å². The van der Waals surface area contributed by atoms with Crippen molar-refractivity contribution in [3.8, 4) is 0 Å². The van der Waals surface area contributed by atoms with Crippen LogP contribution in [0.1, 0.15) is 38.6 Å². The minimum absolute atomic E-state index is 0.323. The van der Waals surface area contributed by atoms with Gasteiger partial charge in [-0.25, -0.2) is 0 Å². The van der Waals surface area contributed by atoms with Crippen LogP contribution in [0.25, 0.3) is 0 Å². The highest BCUT2D eigenvalue weighted by Crippen LogP contribution is 2.53. The molecular formula is C15H23NS. The van der Waals surface area contributed by atoms with Crippen LogP contribution < -0.4 is 0 Å². The van der Waals surface area contributed by atoms with Crippen LogP contribution in [0, 0.1) is 5.92 Å². The van der Waals surface area contributed by atoms with Gasteiger partial charge in [-0.1, -0.05) is 44.2 Å². The zero-order valence-electron chi connectivity index (χ0n) is 11.5. The van der Waals surface area contributed by atoms with Crippen molar-refractivity contribution in [2.75, 3.05) is 7.05 Å². The molecule has 1 unspecified atom stereocenters. The second-order valence-corrected chi connectivity index (χ2v) is 7.57. The summed E-state index contributed by atoms with van der Waals surface area (Å²) in [4.78, 5) is 2.55. The molecule has 0 N–H and O–H groups in total. The van der Waals surface area contributed by atoms with Gasteiger partial charge in [-0.3, -0.25) is 4.90 Å². The molecule has 1 saturated heterocycles. The predicted molar refractivity (Wildman–Crippen MR) is 77.2 cm³/mol. The molecule has 1 fully saturated rings. The Hall–Kier alpha value is -0.470. The Balaban J connectivity index is 2.29. The lowest BCUT2D eigenvalue weighted by Crippen LogP contribution is -2.42. The summed E-state index contributed by atoms with van der Waals surface area (Å²) in [6.07, 6.45) is 0. The summed E-state index contributed by atoms with van der Waals surface area (Å²) < 4.78 is 0.323. The molecular weight excluding hydrogens is 226 g/mol. The van der Waals surface area contributed by atoms with E-state index in [4.69, 9.17) is 0 Å². The Morgan fingerprint density at radius 2 is 1.76 bits per heavy atom. The molecule has 1 aromatic rings. The minimum atomic E-state index is 0.323. The predicted octanol–water partition coefficient (Wildman–Crippen LogP) is 4.17. The third-order valence-corrected chi connectivity index (χ3v) is 5.33. The van der Waals surface area contributed by atoms with Crippen LogP contribution in [0.3, 0.4) is 0 Å². The zero-order valence-corrected chi connectivity index (χ0v) is 12.3. The first-order chi connectivity index (χ1) is 7.93. The van der Waals surface area contributed by atoms with Gasteiger partial charge in [0.05, 0.1) is 5.37 Å². The SMILES string of the molecule is CC(C)C1N(C)[C@@H](c2ccccc2)SC1(C)C. The first-order valence-electron chi connectivity index (χ1n) is 6.38. The Bertz CT molecular complexity index is 372. The second kappa shape index (κ2) is 4.66. The highest BCUT2D eigenvalue weighted by molar-refractivity contribution is 8.01. The van der Waals surface area contributed by atoms with E-state index in [0.717, 1.165) is 0 Å². The van der Waals surface area contributed by atoms with Crippen molar-refractivity contribution in [2.45, 2.75) is 43.9 Å². The van der Waals surface area contributed by atoms with Crippen molar-refractivity contribution in [3.05, 3.63) is 35.9 Å². The largest absolute Gasteiger partial charge is 0.286 e. The van der Waals surface area contributed by atoms with Gasteiger partial charge in [0.25, 0.3) is 0 Å². The second-order valence-electron chi connectivity index (χ2n) is 5.84. The van der Waals surface area contributed by atoms with Crippen LogP contribution in [-0.2, 0) is 0 Å². The lowest BCUT2D eigenvalue weighted by molar-refractivity contribution is 0.173. The molecule has 1 aliphatic heterocycles. The normalized spacial score (nSPS) is 28.8. The van der Waals surface area contributed by atoms with E-state index < -0.39 is 0 Å². The Morgan fingerprint density at radius 1 is 1.18 bits per heavy atom. The standard InChI is InChI=1S/C15H23NS/c1-11(2)13-15(3,4)17-14(16(13)5)12-9-7-6-8-10-12/h6-11,13-14H,1-5H3/t13?,14-/m1/s1. The van der Waals surface area contributed by atoms with Crippen molar-refractivity contribution in [1.29, 1.82) is 0 Å². The fourth-order valence-electron chi connectivity index (χ4n) is 3.27. The molecule has 2 rings (SSSR count). The van der Waals surface area contributed by atoms with E-state index in [-0.39, 0.29) is 0 Å². The van der Waals surface area contributed by atoms with E-state index in [1.54, 1.807) is 0 Å². The Kier molecular flexibility index (Phi) is 3.55. The average Bonchev–Trinajstić information content (AvgIpc) is 2.50. The lowest BCUT2D eigenvalue weighted by atomic mass is 9.91. The summed E-state index contributed by atoms with van der Waals surface area (Å²) in [5, 5.41) is 0.499. The summed E-state index contributed by atoms with van der Waals surface area (Å²) in [7, 11) is 2.27. The molecule has 17 heavy (non-hydrogen) atoms. The van der Waals surface area contributed by atoms with Gasteiger partial charge < -0.3 is 0 Å². The fourth-order valence-corrected chi connectivity index (χ4v) is 5.01. The monoisotopic (exact) mass is 249 g/mol. The molecule has 1 aliphatic rings. The van der Waals surface area contributed by atoms with Gasteiger partial charge in [0, 0.05) is 10.8 Å². The van der Waals surface area contributed by atoms with Gasteiger partial charge in [0.2, 0.25) is 0 Å². The van der Waals surface area contributed by atoms with E-state index in [1.807, 2.05) is 0 Å². The first-order valence-corrected chi connectivity index (χ1v) is 7.26. The molecule has 0 spiro atoms. The fraction of sp³-hybridized carbons (Fsp3) is 0.600. The summed E-state index contributed by atoms with van der Waals surface area (Å²) in [5.74, 6) is 0.691. The quantitative estimate of drug-likeness (QED) is 0.774. The molecule has 2 atom stereocenters. The number of hydrogen-bond acceptors (Lipinski definition) is 2. The van der Waals surface area contributed by atoms with Crippen molar-refractivity contribution in [2.24, 2.45) is 5.92 Å².